The fourth-order valence-electron chi connectivity index (χ4n) is 3.17. The second kappa shape index (κ2) is 5.63. The van der Waals surface area contributed by atoms with E-state index in [1.807, 2.05) is 0 Å². The Kier molecular flexibility index (Phi) is 3.89. The first kappa shape index (κ1) is 13.1. The molecule has 3 rings (SSSR count). The van der Waals surface area contributed by atoms with Crippen LogP contribution in [0.25, 0.3) is 0 Å². The van der Waals surface area contributed by atoms with E-state index >= 15 is 0 Å². The van der Waals surface area contributed by atoms with Gasteiger partial charge >= 0.3 is 0 Å². The Morgan fingerprint density at radius 1 is 1.32 bits per heavy atom. The highest BCUT2D eigenvalue weighted by molar-refractivity contribution is 7.14. The van der Waals surface area contributed by atoms with Crippen LogP contribution in [0, 0.1) is 5.92 Å². The standard InChI is InChI=1S/C15H21NO2S/c17-12-6-3-5-11(12)9-16-15(18)14-8-10-4-1-2-7-13(10)19-14/h8,11-12,17H,1-7,9H2,(H,16,18). The molecule has 0 bridgehead atoms. The number of hydrogen-bond acceptors (Lipinski definition) is 3. The molecule has 1 fully saturated rings. The van der Waals surface area contributed by atoms with Crippen molar-refractivity contribution in [2.24, 2.45) is 5.92 Å². The van der Waals surface area contributed by atoms with Crippen molar-refractivity contribution >= 4 is 17.2 Å². The largest absolute Gasteiger partial charge is 0.393 e. The fraction of sp³-hybridized carbons (Fsp3) is 0.667. The first-order valence-electron chi connectivity index (χ1n) is 7.32. The fourth-order valence-corrected chi connectivity index (χ4v) is 4.34. The molecule has 2 aliphatic carbocycles. The highest BCUT2D eigenvalue weighted by atomic mass is 32.1. The van der Waals surface area contributed by atoms with Crippen molar-refractivity contribution in [1.82, 2.24) is 5.32 Å². The van der Waals surface area contributed by atoms with Crippen molar-refractivity contribution < 1.29 is 9.90 Å². The van der Waals surface area contributed by atoms with Crippen LogP contribution in [0.2, 0.25) is 0 Å². The Labute approximate surface area is 118 Å². The van der Waals surface area contributed by atoms with Crippen LogP contribution in [-0.4, -0.2) is 23.7 Å². The summed E-state index contributed by atoms with van der Waals surface area (Å²) < 4.78 is 0. The molecule has 0 aromatic carbocycles. The second-order valence-corrected chi connectivity index (χ2v) is 6.87. The first-order valence-corrected chi connectivity index (χ1v) is 8.13. The molecule has 1 saturated carbocycles. The van der Waals surface area contributed by atoms with Crippen LogP contribution in [0.15, 0.2) is 6.07 Å². The van der Waals surface area contributed by atoms with Gasteiger partial charge in [-0.15, -0.1) is 11.3 Å². The molecule has 104 valence electrons. The zero-order valence-corrected chi connectivity index (χ0v) is 12.0. The van der Waals surface area contributed by atoms with Crippen LogP contribution in [0.1, 0.15) is 52.2 Å². The number of aliphatic hydroxyl groups is 1. The zero-order valence-electron chi connectivity index (χ0n) is 11.2. The van der Waals surface area contributed by atoms with E-state index in [4.69, 9.17) is 0 Å². The lowest BCUT2D eigenvalue weighted by Crippen LogP contribution is -2.32. The lowest BCUT2D eigenvalue weighted by atomic mass is 9.99. The SMILES string of the molecule is O=C(NCC1CCCC1O)c1cc2c(s1)CCCC2. The number of carbonyl (C=O) groups excluding carboxylic acids is 1. The number of aryl methyl sites for hydroxylation is 2. The number of hydrogen-bond donors (Lipinski definition) is 2. The number of amides is 1. The summed E-state index contributed by atoms with van der Waals surface area (Å²) in [4.78, 5) is 14.4. The van der Waals surface area contributed by atoms with Gasteiger partial charge in [-0.2, -0.15) is 0 Å². The number of carbonyl (C=O) groups is 1. The molecule has 4 heteroatoms. The maximum Gasteiger partial charge on any atom is 0.261 e. The van der Waals surface area contributed by atoms with E-state index in [2.05, 4.69) is 11.4 Å². The summed E-state index contributed by atoms with van der Waals surface area (Å²) in [6, 6.07) is 2.07. The predicted octanol–water partition coefficient (Wildman–Crippen LogP) is 2.52. The molecule has 2 unspecified atom stereocenters. The summed E-state index contributed by atoms with van der Waals surface area (Å²) in [6.07, 6.45) is 7.53. The molecule has 1 aromatic rings. The van der Waals surface area contributed by atoms with Crippen molar-refractivity contribution in [1.29, 1.82) is 0 Å². The molecule has 1 aromatic heterocycles. The van der Waals surface area contributed by atoms with Crippen LogP contribution in [0.5, 0.6) is 0 Å². The zero-order chi connectivity index (χ0) is 13.2. The molecule has 2 aliphatic rings. The molecule has 0 aliphatic heterocycles. The molecule has 0 saturated heterocycles. The minimum atomic E-state index is -0.225. The van der Waals surface area contributed by atoms with E-state index in [0.29, 0.717) is 6.54 Å². The van der Waals surface area contributed by atoms with Crippen molar-refractivity contribution in [3.05, 3.63) is 21.4 Å². The van der Waals surface area contributed by atoms with Gasteiger partial charge in [0.05, 0.1) is 11.0 Å². The average Bonchev–Trinajstić information content (AvgIpc) is 3.01. The summed E-state index contributed by atoms with van der Waals surface area (Å²) in [6.45, 7) is 0.614. The maximum atomic E-state index is 12.1. The van der Waals surface area contributed by atoms with Crippen LogP contribution in [0.4, 0.5) is 0 Å². The van der Waals surface area contributed by atoms with Crippen LogP contribution in [-0.2, 0) is 12.8 Å². The van der Waals surface area contributed by atoms with Gasteiger partial charge in [-0.25, -0.2) is 0 Å². The van der Waals surface area contributed by atoms with Gasteiger partial charge in [0.1, 0.15) is 0 Å². The van der Waals surface area contributed by atoms with Gasteiger partial charge < -0.3 is 10.4 Å². The molecule has 0 spiro atoms. The number of thiophene rings is 1. The Morgan fingerprint density at radius 3 is 2.89 bits per heavy atom. The first-order chi connectivity index (χ1) is 9.24. The highest BCUT2D eigenvalue weighted by Gasteiger charge is 2.26. The topological polar surface area (TPSA) is 49.3 Å². The molecule has 2 atom stereocenters. The summed E-state index contributed by atoms with van der Waals surface area (Å²) >= 11 is 1.65. The van der Waals surface area contributed by atoms with Crippen molar-refractivity contribution in [2.45, 2.75) is 51.0 Å². The molecular formula is C15H21NO2S. The van der Waals surface area contributed by atoms with Gasteiger partial charge in [0.2, 0.25) is 0 Å². The third-order valence-electron chi connectivity index (χ3n) is 4.36. The van der Waals surface area contributed by atoms with Crippen LogP contribution >= 0.6 is 11.3 Å². The van der Waals surface area contributed by atoms with E-state index in [-0.39, 0.29) is 17.9 Å². The molecule has 1 heterocycles. The van der Waals surface area contributed by atoms with Crippen LogP contribution < -0.4 is 5.32 Å². The molecular weight excluding hydrogens is 258 g/mol. The van der Waals surface area contributed by atoms with Crippen molar-refractivity contribution in [3.8, 4) is 0 Å². The maximum absolute atomic E-state index is 12.1. The number of aliphatic hydroxyl groups excluding tert-OH is 1. The number of nitrogens with one attached hydrogen (secondary N) is 1. The molecule has 0 radical (unpaired) electrons. The van der Waals surface area contributed by atoms with E-state index in [1.54, 1.807) is 11.3 Å². The Balaban J connectivity index is 1.59. The quantitative estimate of drug-likeness (QED) is 0.893. The van der Waals surface area contributed by atoms with Gasteiger partial charge in [0.15, 0.2) is 0 Å². The second-order valence-electron chi connectivity index (χ2n) is 5.73. The van der Waals surface area contributed by atoms with E-state index in [9.17, 15) is 9.90 Å². The highest BCUT2D eigenvalue weighted by Crippen LogP contribution is 2.30. The van der Waals surface area contributed by atoms with E-state index in [1.165, 1.54) is 23.3 Å². The monoisotopic (exact) mass is 279 g/mol. The summed E-state index contributed by atoms with van der Waals surface area (Å²) in [5, 5.41) is 12.7. The predicted molar refractivity (Wildman–Crippen MR) is 76.6 cm³/mol. The summed E-state index contributed by atoms with van der Waals surface area (Å²) in [7, 11) is 0. The molecule has 3 nitrogen and oxygen atoms in total. The molecule has 1 amide bonds. The van der Waals surface area contributed by atoms with E-state index < -0.39 is 0 Å². The van der Waals surface area contributed by atoms with Gasteiger partial charge in [-0.3, -0.25) is 4.79 Å². The average molecular weight is 279 g/mol. The third-order valence-corrected chi connectivity index (χ3v) is 5.60. The van der Waals surface area contributed by atoms with Gasteiger partial charge in [0, 0.05) is 17.3 Å². The van der Waals surface area contributed by atoms with Gasteiger partial charge in [0.25, 0.3) is 5.91 Å². The summed E-state index contributed by atoms with van der Waals surface area (Å²) in [5.41, 5.74) is 1.38. The minimum absolute atomic E-state index is 0.0403. The number of rotatable bonds is 3. The van der Waals surface area contributed by atoms with Gasteiger partial charge in [-0.05, 0) is 50.2 Å². The van der Waals surface area contributed by atoms with Crippen LogP contribution in [0.3, 0.4) is 0 Å². The normalized spacial score (nSPS) is 26.2. The number of fused-ring (bicyclic) bond motifs is 1. The third kappa shape index (κ3) is 2.84. The lowest BCUT2D eigenvalue weighted by molar-refractivity contribution is 0.0920. The van der Waals surface area contributed by atoms with E-state index in [0.717, 1.165) is 37.0 Å². The summed E-state index contributed by atoms with van der Waals surface area (Å²) in [5.74, 6) is 0.289. The lowest BCUT2D eigenvalue weighted by Gasteiger charge is -2.14. The molecule has 2 N–H and O–H groups in total. The smallest absolute Gasteiger partial charge is 0.261 e. The van der Waals surface area contributed by atoms with Crippen molar-refractivity contribution in [2.75, 3.05) is 6.54 Å². The van der Waals surface area contributed by atoms with Crippen molar-refractivity contribution in [3.63, 3.8) is 0 Å². The van der Waals surface area contributed by atoms with Gasteiger partial charge in [-0.1, -0.05) is 6.42 Å². The molecule has 19 heavy (non-hydrogen) atoms. The Hall–Kier alpha value is -0.870. The Bertz CT molecular complexity index is 445. The minimum Gasteiger partial charge on any atom is -0.393 e. The Morgan fingerprint density at radius 2 is 2.16 bits per heavy atom.